The van der Waals surface area contributed by atoms with Gasteiger partial charge in [0.2, 0.25) is 0 Å². The zero-order chi connectivity index (χ0) is 10.9. The molecule has 4 nitrogen and oxygen atoms in total. The summed E-state index contributed by atoms with van der Waals surface area (Å²) >= 11 is 4.20. The average Bonchev–Trinajstić information content (AvgIpc) is 2.71. The van der Waals surface area contributed by atoms with Gasteiger partial charge in [0.1, 0.15) is 5.78 Å². The van der Waals surface area contributed by atoms with E-state index in [4.69, 9.17) is 0 Å². The molecule has 0 aliphatic heterocycles. The van der Waals surface area contributed by atoms with Gasteiger partial charge in [-0.2, -0.15) is 0 Å². The Kier molecular flexibility index (Phi) is 6.10. The number of hydrogen-bond acceptors (Lipinski definition) is 5. The van der Waals surface area contributed by atoms with Crippen LogP contribution in [0.5, 0.6) is 0 Å². The normalized spacial score (nSPS) is 27.7. The van der Waals surface area contributed by atoms with E-state index in [9.17, 15) is 18.4 Å². The van der Waals surface area contributed by atoms with Gasteiger partial charge in [-0.1, -0.05) is 6.92 Å². The molecule has 0 radical (unpaired) electrons. The fourth-order valence-corrected chi connectivity index (χ4v) is 3.14. The van der Waals surface area contributed by atoms with Crippen molar-refractivity contribution >= 4 is 31.5 Å². The maximum atomic E-state index is 11.0. The first-order valence-electron chi connectivity index (χ1n) is 4.38. The third-order valence-electron chi connectivity index (χ3n) is 2.34. The second-order valence-electron chi connectivity index (χ2n) is 3.35. The van der Waals surface area contributed by atoms with Crippen LogP contribution < -0.4 is 29.6 Å². The third kappa shape index (κ3) is 4.20. The monoisotopic (exact) mass is 258 g/mol. The van der Waals surface area contributed by atoms with Crippen molar-refractivity contribution in [3.63, 3.8) is 0 Å². The molecule has 0 spiro atoms. The Morgan fingerprint density at radius 2 is 2.13 bits per heavy atom. The molecule has 15 heavy (non-hydrogen) atoms. The Labute approximate surface area is 116 Å². The Bertz CT molecular complexity index is 363. The molecule has 7 heteroatoms. The van der Waals surface area contributed by atoms with Gasteiger partial charge in [-0.25, -0.2) is 0 Å². The minimum atomic E-state index is -3.66. The van der Waals surface area contributed by atoms with Gasteiger partial charge in [0, 0.05) is 18.8 Å². The van der Waals surface area contributed by atoms with Gasteiger partial charge in [0.25, 0.3) is 0 Å². The molecule has 0 aromatic heterocycles. The maximum Gasteiger partial charge on any atom is 1.00 e. The van der Waals surface area contributed by atoms with E-state index < -0.39 is 19.9 Å². The molecular weight excluding hydrogens is 247 g/mol. The van der Waals surface area contributed by atoms with Crippen molar-refractivity contribution in [2.75, 3.05) is 0 Å². The smallest absolute Gasteiger partial charge is 0.769 e. The summed E-state index contributed by atoms with van der Waals surface area (Å²) in [5.41, 5.74) is 0. The summed E-state index contributed by atoms with van der Waals surface area (Å²) in [6, 6.07) is 0. The summed E-state index contributed by atoms with van der Waals surface area (Å²) in [5, 5.41) is -1.01. The van der Waals surface area contributed by atoms with Crippen molar-refractivity contribution in [3.8, 4) is 0 Å². The van der Waals surface area contributed by atoms with Gasteiger partial charge in [-0.3, -0.25) is 13.8 Å². The van der Waals surface area contributed by atoms with Gasteiger partial charge < -0.3 is 4.55 Å². The molecule has 0 N–H and O–H groups in total. The molecule has 0 aromatic carbocycles. The number of carbonyl (C=O) groups excluding carboxylic acids is 2. The Morgan fingerprint density at radius 1 is 1.60 bits per heavy atom. The predicted molar refractivity (Wildman–Crippen MR) is 53.1 cm³/mol. The molecular formula is C8H11NaO4S2. The molecule has 0 bridgehead atoms. The van der Waals surface area contributed by atoms with Crippen LogP contribution in [0, 0.1) is 5.92 Å². The van der Waals surface area contributed by atoms with Crippen molar-refractivity contribution in [3.05, 3.63) is 0 Å². The molecule has 1 aliphatic rings. The molecule has 3 atom stereocenters. The van der Waals surface area contributed by atoms with Crippen LogP contribution in [-0.2, 0) is 29.6 Å². The number of rotatable bonds is 5. The molecule has 80 valence electrons. The van der Waals surface area contributed by atoms with Gasteiger partial charge in [-0.05, 0) is 26.4 Å². The predicted octanol–water partition coefficient (Wildman–Crippen LogP) is -2.81. The Morgan fingerprint density at radius 3 is 2.47 bits per heavy atom. The molecule has 1 saturated carbocycles. The molecule has 1 aliphatic carbocycles. The summed E-state index contributed by atoms with van der Waals surface area (Å²) < 4.78 is 21.7. The van der Waals surface area contributed by atoms with E-state index in [2.05, 4.69) is 11.2 Å². The number of ketones is 2. The summed E-state index contributed by atoms with van der Waals surface area (Å²) in [6.07, 6.45) is 1.02. The minimum Gasteiger partial charge on any atom is -0.769 e. The van der Waals surface area contributed by atoms with Crippen LogP contribution in [0.3, 0.4) is 0 Å². The Balaban J connectivity index is 0.00000196. The molecule has 0 saturated heterocycles. The minimum absolute atomic E-state index is 0. The van der Waals surface area contributed by atoms with E-state index in [0.717, 1.165) is 0 Å². The van der Waals surface area contributed by atoms with E-state index >= 15 is 0 Å². The standard InChI is InChI=1S/C8H12O4S2.Na/c1-2-5(9)3-4-6-7(10)8(6)14(11,12)13;/h6,8H,2-4H2,1H3,(H,11,12,13);/q;+1/p-1. The molecule has 1 rings (SSSR count). The van der Waals surface area contributed by atoms with E-state index in [0.29, 0.717) is 12.8 Å². The first kappa shape index (κ1) is 15.7. The zero-order valence-electron chi connectivity index (χ0n) is 8.73. The maximum absolute atomic E-state index is 11.0. The number of Topliss-reactive ketones (excluding diaryl/α,β-unsaturated/α-hetero) is 2. The van der Waals surface area contributed by atoms with E-state index in [1.54, 1.807) is 6.92 Å². The van der Waals surface area contributed by atoms with Gasteiger partial charge in [0.05, 0.1) is 5.25 Å². The fourth-order valence-electron chi connectivity index (χ4n) is 1.40. The van der Waals surface area contributed by atoms with Crippen LogP contribution in [0.25, 0.3) is 0 Å². The van der Waals surface area contributed by atoms with Crippen molar-refractivity contribution in [2.45, 2.75) is 31.4 Å². The van der Waals surface area contributed by atoms with Crippen LogP contribution in [0.15, 0.2) is 0 Å². The number of hydrogen-bond donors (Lipinski definition) is 0. The number of carbonyl (C=O) groups is 2. The van der Waals surface area contributed by atoms with E-state index in [1.807, 2.05) is 0 Å². The van der Waals surface area contributed by atoms with Gasteiger partial charge in [-0.15, -0.1) is 0 Å². The van der Waals surface area contributed by atoms with Crippen LogP contribution in [0.4, 0.5) is 0 Å². The second kappa shape index (κ2) is 5.84. The second-order valence-corrected chi connectivity index (χ2v) is 6.24. The first-order valence-corrected chi connectivity index (χ1v) is 6.85. The third-order valence-corrected chi connectivity index (χ3v) is 4.15. The van der Waals surface area contributed by atoms with Crippen molar-refractivity contribution in [1.29, 1.82) is 0 Å². The van der Waals surface area contributed by atoms with Crippen LogP contribution >= 0.6 is 0 Å². The molecule has 1 fully saturated rings. The summed E-state index contributed by atoms with van der Waals surface area (Å²) in [4.78, 5) is 21.9. The summed E-state index contributed by atoms with van der Waals surface area (Å²) in [5.74, 6) is -0.804. The average molecular weight is 258 g/mol. The SMILES string of the molecule is CCC(=O)CCC1C(=O)C1S(=O)([O-])=S.[Na+]. The quantitative estimate of drug-likeness (QED) is 0.498. The summed E-state index contributed by atoms with van der Waals surface area (Å²) in [7, 11) is -3.66. The molecule has 3 unspecified atom stereocenters. The van der Waals surface area contributed by atoms with Crippen LogP contribution in [0.2, 0.25) is 0 Å². The fraction of sp³-hybridized carbons (Fsp3) is 0.750. The van der Waals surface area contributed by atoms with Crippen LogP contribution in [0.1, 0.15) is 26.2 Å². The van der Waals surface area contributed by atoms with Crippen molar-refractivity contribution in [2.24, 2.45) is 5.92 Å². The molecule has 0 heterocycles. The van der Waals surface area contributed by atoms with Gasteiger partial charge >= 0.3 is 29.6 Å². The summed E-state index contributed by atoms with van der Waals surface area (Å²) in [6.45, 7) is 1.73. The van der Waals surface area contributed by atoms with E-state index in [-0.39, 0.29) is 47.5 Å². The van der Waals surface area contributed by atoms with Crippen LogP contribution in [-0.4, -0.2) is 25.6 Å². The molecule has 0 amide bonds. The molecule has 0 aromatic rings. The van der Waals surface area contributed by atoms with E-state index in [1.165, 1.54) is 0 Å². The van der Waals surface area contributed by atoms with Crippen molar-refractivity contribution < 1.29 is 47.9 Å². The Hall–Kier alpha value is 0.670. The topological polar surface area (TPSA) is 74.3 Å². The van der Waals surface area contributed by atoms with Gasteiger partial charge in [0.15, 0.2) is 5.78 Å². The van der Waals surface area contributed by atoms with Crippen molar-refractivity contribution in [1.82, 2.24) is 0 Å². The first-order chi connectivity index (χ1) is 6.38. The largest absolute Gasteiger partial charge is 1.00 e. The zero-order valence-corrected chi connectivity index (χ0v) is 12.4.